The molecule has 0 radical (unpaired) electrons. The van der Waals surface area contributed by atoms with E-state index in [0.717, 1.165) is 73.5 Å². The van der Waals surface area contributed by atoms with Crippen LogP contribution in [0.15, 0.2) is 200 Å². The molecule has 0 saturated carbocycles. The molecule has 0 aromatic heterocycles. The maximum atomic E-state index is 6.79. The van der Waals surface area contributed by atoms with E-state index in [0.29, 0.717) is 0 Å². The molecule has 2 heterocycles. The number of nitrogens with zero attached hydrogens (tertiary/aromatic N) is 2. The molecule has 0 aliphatic carbocycles. The van der Waals surface area contributed by atoms with Crippen molar-refractivity contribution in [2.24, 2.45) is 0 Å². The number of para-hydroxylation sites is 2. The molecule has 0 amide bonds. The van der Waals surface area contributed by atoms with E-state index >= 15 is 0 Å². The summed E-state index contributed by atoms with van der Waals surface area (Å²) in [4.78, 5) is 4.65. The van der Waals surface area contributed by atoms with Crippen LogP contribution in [0.25, 0.3) is 21.5 Å². The molecule has 9 aromatic rings. The van der Waals surface area contributed by atoms with Gasteiger partial charge in [0.05, 0.1) is 11.4 Å². The van der Waals surface area contributed by atoms with Crippen molar-refractivity contribution in [3.63, 3.8) is 0 Å². The first-order valence-corrected chi connectivity index (χ1v) is 18.7. The Morgan fingerprint density at radius 2 is 0.745 bits per heavy atom. The van der Waals surface area contributed by atoms with Crippen LogP contribution < -0.4 is 35.7 Å². The zero-order chi connectivity index (χ0) is 36.3. The average Bonchev–Trinajstić information content (AvgIpc) is 3.24. The topological polar surface area (TPSA) is 24.9 Å². The molecule has 258 valence electrons. The van der Waals surface area contributed by atoms with Gasteiger partial charge >= 0.3 is 0 Å². The van der Waals surface area contributed by atoms with Crippen molar-refractivity contribution >= 4 is 78.8 Å². The lowest BCUT2D eigenvalue weighted by Gasteiger charge is -2.35. The molecular formula is C50H33BN2O2. The molecule has 0 N–H and O–H groups in total. The van der Waals surface area contributed by atoms with E-state index in [1.54, 1.807) is 0 Å². The zero-order valence-electron chi connectivity index (χ0n) is 29.8. The lowest BCUT2D eigenvalue weighted by molar-refractivity contribution is 0.464. The van der Waals surface area contributed by atoms with Crippen molar-refractivity contribution < 1.29 is 9.47 Å². The van der Waals surface area contributed by atoms with E-state index < -0.39 is 0 Å². The highest BCUT2D eigenvalue weighted by Crippen LogP contribution is 2.44. The van der Waals surface area contributed by atoms with Gasteiger partial charge in [0.25, 0.3) is 6.71 Å². The highest BCUT2D eigenvalue weighted by atomic mass is 16.5. The van der Waals surface area contributed by atoms with Crippen LogP contribution in [0.2, 0.25) is 0 Å². The Balaban J connectivity index is 1.06. The molecule has 0 spiro atoms. The molecule has 0 bridgehead atoms. The van der Waals surface area contributed by atoms with Crippen molar-refractivity contribution in [2.75, 3.05) is 9.80 Å². The Bertz CT molecular complexity index is 2710. The fourth-order valence-corrected chi connectivity index (χ4v) is 8.50. The second-order valence-electron chi connectivity index (χ2n) is 14.1. The summed E-state index contributed by atoms with van der Waals surface area (Å²) >= 11 is 0. The van der Waals surface area contributed by atoms with E-state index in [2.05, 4.69) is 204 Å². The molecule has 9 aromatic carbocycles. The summed E-state index contributed by atoms with van der Waals surface area (Å²) in [6.45, 7) is -0.0627. The van der Waals surface area contributed by atoms with Crippen molar-refractivity contribution in [1.82, 2.24) is 0 Å². The molecular weight excluding hydrogens is 671 g/mol. The third kappa shape index (κ3) is 5.16. The van der Waals surface area contributed by atoms with Crippen LogP contribution in [0.5, 0.6) is 23.0 Å². The molecule has 0 saturated heterocycles. The molecule has 0 fully saturated rings. The summed E-state index contributed by atoms with van der Waals surface area (Å²) in [6.07, 6.45) is 0. The van der Waals surface area contributed by atoms with Crippen molar-refractivity contribution in [3.05, 3.63) is 200 Å². The zero-order valence-corrected chi connectivity index (χ0v) is 29.8. The minimum atomic E-state index is -0.0627. The average molecular weight is 705 g/mol. The Hall–Kier alpha value is -7.24. The van der Waals surface area contributed by atoms with Crippen molar-refractivity contribution in [1.29, 1.82) is 0 Å². The van der Waals surface area contributed by atoms with Gasteiger partial charge < -0.3 is 19.3 Å². The summed E-state index contributed by atoms with van der Waals surface area (Å²) in [5, 5.41) is 4.76. The minimum absolute atomic E-state index is 0.0627. The summed E-state index contributed by atoms with van der Waals surface area (Å²) in [5.74, 6) is 3.32. The van der Waals surface area contributed by atoms with Crippen molar-refractivity contribution in [3.8, 4) is 23.0 Å². The molecule has 55 heavy (non-hydrogen) atoms. The van der Waals surface area contributed by atoms with Gasteiger partial charge in [0.15, 0.2) is 0 Å². The van der Waals surface area contributed by atoms with Crippen LogP contribution in [0, 0.1) is 0 Å². The highest BCUT2D eigenvalue weighted by molar-refractivity contribution is 6.98. The van der Waals surface area contributed by atoms with E-state index in [-0.39, 0.29) is 6.71 Å². The van der Waals surface area contributed by atoms with Crippen LogP contribution in [0.1, 0.15) is 0 Å². The molecule has 5 heteroatoms. The monoisotopic (exact) mass is 704 g/mol. The largest absolute Gasteiger partial charge is 0.458 e. The third-order valence-electron chi connectivity index (χ3n) is 10.9. The summed E-state index contributed by atoms with van der Waals surface area (Å²) in [7, 11) is 0. The van der Waals surface area contributed by atoms with E-state index in [9.17, 15) is 0 Å². The molecule has 11 rings (SSSR count). The van der Waals surface area contributed by atoms with E-state index in [1.165, 1.54) is 21.5 Å². The Kier molecular flexibility index (Phi) is 7.24. The normalized spacial score (nSPS) is 12.3. The molecule has 0 atom stereocenters. The third-order valence-corrected chi connectivity index (χ3v) is 10.9. The minimum Gasteiger partial charge on any atom is -0.458 e. The van der Waals surface area contributed by atoms with Gasteiger partial charge in [-0.3, -0.25) is 0 Å². The quantitative estimate of drug-likeness (QED) is 0.161. The lowest BCUT2D eigenvalue weighted by Crippen LogP contribution is -2.57. The number of benzene rings is 9. The Morgan fingerprint density at radius 3 is 1.24 bits per heavy atom. The number of hydrogen-bond acceptors (Lipinski definition) is 4. The summed E-state index contributed by atoms with van der Waals surface area (Å²) in [5.41, 5.74) is 9.72. The standard InChI is InChI=1S/C50H33BN2O2/c1-3-18-36(19-4-1)52(44-24-11-16-34-14-7-9-22-40(34)44)38-28-30-42-48(32-38)54-46-26-13-27-47-50(46)51(42)43-31-29-39(33-49(43)55-47)53(37-20-5-2-6-21-37)45-25-12-17-35-15-8-10-23-41(35)45/h1-33H. The fourth-order valence-electron chi connectivity index (χ4n) is 8.50. The van der Waals surface area contributed by atoms with Gasteiger partial charge in [-0.2, -0.15) is 0 Å². The van der Waals surface area contributed by atoms with E-state index in [4.69, 9.17) is 9.47 Å². The van der Waals surface area contributed by atoms with Crippen LogP contribution in [0.3, 0.4) is 0 Å². The van der Waals surface area contributed by atoms with Gasteiger partial charge in [0.1, 0.15) is 23.0 Å². The number of rotatable bonds is 6. The summed E-state index contributed by atoms with van der Waals surface area (Å²) < 4.78 is 13.6. The molecule has 2 aliphatic heterocycles. The maximum Gasteiger partial charge on any atom is 0.260 e. The highest BCUT2D eigenvalue weighted by Gasteiger charge is 2.40. The smallest absolute Gasteiger partial charge is 0.260 e. The second-order valence-corrected chi connectivity index (χ2v) is 14.1. The van der Waals surface area contributed by atoms with Gasteiger partial charge in [-0.1, -0.05) is 127 Å². The van der Waals surface area contributed by atoms with Gasteiger partial charge in [-0.05, 0) is 82.4 Å². The SMILES string of the molecule is c1ccc(N(c2ccc3c(c2)Oc2cccc4c2B3c2ccc(N(c3ccccc3)c3cccc5ccccc35)cc2O4)c2cccc3ccccc23)cc1. The number of fused-ring (bicyclic) bond motifs is 6. The first-order chi connectivity index (χ1) is 27.3. The predicted molar refractivity (Wildman–Crippen MR) is 229 cm³/mol. The van der Waals surface area contributed by atoms with Gasteiger partial charge in [0, 0.05) is 51.1 Å². The molecule has 4 nitrogen and oxygen atoms in total. The Morgan fingerprint density at radius 1 is 0.327 bits per heavy atom. The first-order valence-electron chi connectivity index (χ1n) is 18.7. The fraction of sp³-hybridized carbons (Fsp3) is 0. The number of hydrogen-bond donors (Lipinski definition) is 0. The van der Waals surface area contributed by atoms with E-state index in [1.807, 2.05) is 6.07 Å². The van der Waals surface area contributed by atoms with Crippen LogP contribution in [-0.4, -0.2) is 6.71 Å². The van der Waals surface area contributed by atoms with Gasteiger partial charge in [0.2, 0.25) is 0 Å². The van der Waals surface area contributed by atoms with Crippen molar-refractivity contribution in [2.45, 2.75) is 0 Å². The van der Waals surface area contributed by atoms with Crippen LogP contribution >= 0.6 is 0 Å². The van der Waals surface area contributed by atoms with Gasteiger partial charge in [-0.15, -0.1) is 0 Å². The number of ether oxygens (including phenoxy) is 2. The lowest BCUT2D eigenvalue weighted by atomic mass is 9.35. The number of anilines is 6. The first kappa shape index (κ1) is 31.3. The second kappa shape index (κ2) is 12.7. The van der Waals surface area contributed by atoms with Crippen LogP contribution in [0.4, 0.5) is 34.1 Å². The predicted octanol–water partition coefficient (Wildman–Crippen LogP) is 11.7. The molecule has 0 unspecified atom stereocenters. The maximum absolute atomic E-state index is 6.79. The van der Waals surface area contributed by atoms with Crippen LogP contribution in [-0.2, 0) is 0 Å². The summed E-state index contributed by atoms with van der Waals surface area (Å²) in [6, 6.07) is 70.7. The molecule has 2 aliphatic rings. The van der Waals surface area contributed by atoms with Gasteiger partial charge in [-0.25, -0.2) is 0 Å². The Labute approximate surface area is 320 Å².